The molecule has 0 aliphatic heterocycles. The van der Waals surface area contributed by atoms with E-state index in [9.17, 15) is 27.7 Å². The van der Waals surface area contributed by atoms with E-state index in [4.69, 9.17) is 11.6 Å². The first-order chi connectivity index (χ1) is 13.5. The van der Waals surface area contributed by atoms with Crippen LogP contribution in [0.4, 0.5) is 15.8 Å². The van der Waals surface area contributed by atoms with Gasteiger partial charge in [0, 0.05) is 30.4 Å². The van der Waals surface area contributed by atoms with Crippen LogP contribution < -0.4 is 5.32 Å². The molecule has 0 aromatic heterocycles. The van der Waals surface area contributed by atoms with E-state index in [1.807, 2.05) is 0 Å². The normalized spacial score (nSPS) is 11.5. The van der Waals surface area contributed by atoms with Gasteiger partial charge in [-0.2, -0.15) is 4.31 Å². The topological polar surface area (TPSA) is 110 Å². The first-order valence-corrected chi connectivity index (χ1v) is 10.4. The maximum Gasteiger partial charge on any atom is 0.276 e. The summed E-state index contributed by atoms with van der Waals surface area (Å²) in [5.41, 5.74) is -0.904. The number of nitro benzene ring substituents is 1. The van der Waals surface area contributed by atoms with Crippen molar-refractivity contribution in [2.45, 2.75) is 25.7 Å². The van der Waals surface area contributed by atoms with Gasteiger partial charge >= 0.3 is 0 Å². The third-order valence-electron chi connectivity index (χ3n) is 4.29. The molecule has 11 heteroatoms. The minimum atomic E-state index is -3.88. The quantitative estimate of drug-likeness (QED) is 0.514. The monoisotopic (exact) mass is 443 g/mol. The molecule has 1 N–H and O–H groups in total. The number of carbonyl (C=O) groups is 1. The molecule has 1 amide bonds. The summed E-state index contributed by atoms with van der Waals surface area (Å²) in [4.78, 5) is 22.5. The van der Waals surface area contributed by atoms with Gasteiger partial charge in [-0.05, 0) is 31.2 Å². The number of carbonyl (C=O) groups excluding carboxylic acids is 1. The van der Waals surface area contributed by atoms with Crippen LogP contribution >= 0.6 is 11.6 Å². The summed E-state index contributed by atoms with van der Waals surface area (Å²) in [5, 5.41) is 13.4. The van der Waals surface area contributed by atoms with Gasteiger partial charge in [0.2, 0.25) is 10.0 Å². The molecule has 156 valence electrons. The van der Waals surface area contributed by atoms with Crippen LogP contribution in [0.15, 0.2) is 35.2 Å². The van der Waals surface area contributed by atoms with Gasteiger partial charge in [0.25, 0.3) is 11.6 Å². The van der Waals surface area contributed by atoms with E-state index in [1.54, 1.807) is 13.8 Å². The van der Waals surface area contributed by atoms with E-state index < -0.39 is 32.4 Å². The average molecular weight is 444 g/mol. The lowest BCUT2D eigenvalue weighted by atomic mass is 10.1. The minimum Gasteiger partial charge on any atom is -0.322 e. The van der Waals surface area contributed by atoms with Crippen LogP contribution in [0.2, 0.25) is 5.02 Å². The number of nitrogens with one attached hydrogen (secondary N) is 1. The summed E-state index contributed by atoms with van der Waals surface area (Å²) in [6.45, 7) is 5.06. The molecule has 8 nitrogen and oxygen atoms in total. The molecule has 0 heterocycles. The Morgan fingerprint density at radius 2 is 1.86 bits per heavy atom. The first kappa shape index (κ1) is 22.7. The van der Waals surface area contributed by atoms with Crippen molar-refractivity contribution in [2.24, 2.45) is 0 Å². The van der Waals surface area contributed by atoms with Crippen LogP contribution in [0.3, 0.4) is 0 Å². The molecular weight excluding hydrogens is 425 g/mol. The van der Waals surface area contributed by atoms with E-state index in [1.165, 1.54) is 29.4 Å². The Hall–Kier alpha value is -2.56. The van der Waals surface area contributed by atoms with Gasteiger partial charge < -0.3 is 5.32 Å². The molecule has 29 heavy (non-hydrogen) atoms. The van der Waals surface area contributed by atoms with Crippen LogP contribution in [-0.4, -0.2) is 36.6 Å². The summed E-state index contributed by atoms with van der Waals surface area (Å²) in [6.07, 6.45) is 0. The van der Waals surface area contributed by atoms with Crippen molar-refractivity contribution in [3.63, 3.8) is 0 Å². The number of hydrogen-bond acceptors (Lipinski definition) is 5. The number of anilines is 1. The Bertz CT molecular complexity index is 1070. The van der Waals surface area contributed by atoms with Crippen molar-refractivity contribution < 1.29 is 22.5 Å². The number of amides is 1. The summed E-state index contributed by atoms with van der Waals surface area (Å²) in [6, 6.07) is 5.71. The van der Waals surface area contributed by atoms with Crippen LogP contribution in [0, 0.1) is 22.9 Å². The molecular formula is C18H19ClFN3O5S. The number of halogens is 2. The molecule has 2 aromatic rings. The molecule has 2 rings (SSSR count). The van der Waals surface area contributed by atoms with Crippen LogP contribution in [-0.2, 0) is 10.0 Å². The smallest absolute Gasteiger partial charge is 0.276 e. The summed E-state index contributed by atoms with van der Waals surface area (Å²) < 4.78 is 40.6. The van der Waals surface area contributed by atoms with Gasteiger partial charge in [-0.15, -0.1) is 0 Å². The third-order valence-corrected chi connectivity index (χ3v) is 6.82. The Labute approximate surface area is 172 Å². The second kappa shape index (κ2) is 8.85. The van der Waals surface area contributed by atoms with Crippen molar-refractivity contribution in [1.82, 2.24) is 4.31 Å². The highest BCUT2D eigenvalue weighted by Gasteiger charge is 2.25. The largest absolute Gasteiger partial charge is 0.322 e. The lowest BCUT2D eigenvalue weighted by molar-refractivity contribution is -0.385. The fourth-order valence-corrected chi connectivity index (χ4v) is 4.63. The fraction of sp³-hybridized carbons (Fsp3) is 0.278. The zero-order chi connectivity index (χ0) is 21.9. The molecule has 0 aliphatic rings. The zero-order valence-electron chi connectivity index (χ0n) is 15.9. The lowest BCUT2D eigenvalue weighted by Gasteiger charge is -2.19. The molecule has 0 fully saturated rings. The van der Waals surface area contributed by atoms with Crippen molar-refractivity contribution in [3.8, 4) is 0 Å². The van der Waals surface area contributed by atoms with Crippen molar-refractivity contribution in [1.29, 1.82) is 0 Å². The van der Waals surface area contributed by atoms with Gasteiger partial charge in [0.15, 0.2) is 0 Å². The molecule has 0 unspecified atom stereocenters. The zero-order valence-corrected chi connectivity index (χ0v) is 17.5. The second-order valence-electron chi connectivity index (χ2n) is 6.05. The second-order valence-corrected chi connectivity index (χ2v) is 8.36. The molecule has 0 radical (unpaired) electrons. The highest BCUT2D eigenvalue weighted by Crippen LogP contribution is 2.28. The number of rotatable bonds is 7. The Morgan fingerprint density at radius 1 is 1.24 bits per heavy atom. The van der Waals surface area contributed by atoms with E-state index in [-0.39, 0.29) is 39.8 Å². The molecule has 0 aliphatic carbocycles. The number of hydrogen-bond donors (Lipinski definition) is 1. The summed E-state index contributed by atoms with van der Waals surface area (Å²) in [7, 11) is -3.88. The van der Waals surface area contributed by atoms with Crippen LogP contribution in [0.1, 0.15) is 29.8 Å². The summed E-state index contributed by atoms with van der Waals surface area (Å²) in [5.74, 6) is -1.73. The van der Waals surface area contributed by atoms with Gasteiger partial charge in [-0.1, -0.05) is 25.4 Å². The van der Waals surface area contributed by atoms with Gasteiger partial charge in [-0.25, -0.2) is 12.8 Å². The molecule has 0 atom stereocenters. The van der Waals surface area contributed by atoms with Gasteiger partial charge in [-0.3, -0.25) is 14.9 Å². The Balaban J connectivity index is 2.41. The molecule has 2 aromatic carbocycles. The highest BCUT2D eigenvalue weighted by molar-refractivity contribution is 7.89. The predicted octanol–water partition coefficient (Wildman–Crippen LogP) is 3.98. The number of benzene rings is 2. The Kier molecular flexibility index (Phi) is 6.93. The van der Waals surface area contributed by atoms with Crippen LogP contribution in [0.25, 0.3) is 0 Å². The van der Waals surface area contributed by atoms with E-state index in [0.29, 0.717) is 0 Å². The van der Waals surface area contributed by atoms with E-state index >= 15 is 0 Å². The van der Waals surface area contributed by atoms with Crippen LogP contribution in [0.5, 0.6) is 0 Å². The number of sulfonamides is 1. The molecule has 0 saturated heterocycles. The van der Waals surface area contributed by atoms with Crippen molar-refractivity contribution >= 4 is 38.9 Å². The average Bonchev–Trinajstić information content (AvgIpc) is 2.65. The predicted molar refractivity (Wildman–Crippen MR) is 107 cm³/mol. The fourth-order valence-electron chi connectivity index (χ4n) is 2.67. The Morgan fingerprint density at radius 3 is 2.41 bits per heavy atom. The number of nitro groups is 1. The highest BCUT2D eigenvalue weighted by atomic mass is 35.5. The SMILES string of the molecule is CCN(CC)S(=O)(=O)c1cc(NC(=O)c2cc(F)c(C)c([N+](=O)[O-])c2)ccc1Cl. The third kappa shape index (κ3) is 4.72. The molecule has 0 bridgehead atoms. The first-order valence-electron chi connectivity index (χ1n) is 8.58. The van der Waals surface area contributed by atoms with Crippen molar-refractivity contribution in [3.05, 3.63) is 62.4 Å². The van der Waals surface area contributed by atoms with Gasteiger partial charge in [0.05, 0.1) is 15.5 Å². The van der Waals surface area contributed by atoms with E-state index in [0.717, 1.165) is 12.1 Å². The maximum absolute atomic E-state index is 14.0. The molecule has 0 spiro atoms. The van der Waals surface area contributed by atoms with E-state index in [2.05, 4.69) is 5.32 Å². The van der Waals surface area contributed by atoms with Gasteiger partial charge in [0.1, 0.15) is 10.7 Å². The lowest BCUT2D eigenvalue weighted by Crippen LogP contribution is -2.30. The summed E-state index contributed by atoms with van der Waals surface area (Å²) >= 11 is 6.04. The van der Waals surface area contributed by atoms with Crippen molar-refractivity contribution in [2.75, 3.05) is 18.4 Å². The molecule has 0 saturated carbocycles. The standard InChI is InChI=1S/C18H19ClFN3O5S/c1-4-22(5-2)29(27,28)17-10-13(6-7-14(17)19)21-18(24)12-8-15(20)11(3)16(9-12)23(25)26/h6-10H,4-5H2,1-3H3,(H,21,24). The number of nitrogens with zero attached hydrogens (tertiary/aromatic N) is 2. The minimum absolute atomic E-state index is 0.0214. The maximum atomic E-state index is 14.0.